The van der Waals surface area contributed by atoms with Crippen molar-refractivity contribution in [1.82, 2.24) is 4.90 Å². The molecule has 1 aliphatic heterocycles. The van der Waals surface area contributed by atoms with E-state index in [2.05, 4.69) is 17.1 Å². The molecular weight excluding hydrogens is 351 g/mol. The van der Waals surface area contributed by atoms with Crippen molar-refractivity contribution in [3.63, 3.8) is 0 Å². The summed E-state index contributed by atoms with van der Waals surface area (Å²) in [6, 6.07) is 12.7. The van der Waals surface area contributed by atoms with Gasteiger partial charge in [-0.1, -0.05) is 36.7 Å². The molecule has 3 nitrogen and oxygen atoms in total. The van der Waals surface area contributed by atoms with E-state index in [1.165, 1.54) is 11.6 Å². The monoisotopic (exact) mass is 374 g/mol. The van der Waals surface area contributed by atoms with Crippen molar-refractivity contribution in [3.05, 3.63) is 64.4 Å². The van der Waals surface area contributed by atoms with Gasteiger partial charge in [-0.2, -0.15) is 0 Å². The van der Waals surface area contributed by atoms with Gasteiger partial charge in [0.15, 0.2) is 0 Å². The van der Waals surface area contributed by atoms with E-state index in [1.807, 2.05) is 24.3 Å². The SMILES string of the molecule is CCc1ccc(NC(=O)C2CCN(Cc3c(F)cccc3Cl)CC2)cc1. The molecule has 1 amide bonds. The quantitative estimate of drug-likeness (QED) is 0.807. The number of rotatable bonds is 5. The summed E-state index contributed by atoms with van der Waals surface area (Å²) in [6.07, 6.45) is 2.52. The fourth-order valence-electron chi connectivity index (χ4n) is 3.33. The first-order valence-corrected chi connectivity index (χ1v) is 9.49. The number of hydrogen-bond donors (Lipinski definition) is 1. The Hall–Kier alpha value is -1.91. The molecule has 2 aromatic rings. The molecule has 0 bridgehead atoms. The molecule has 0 aliphatic carbocycles. The predicted molar refractivity (Wildman–Crippen MR) is 104 cm³/mol. The van der Waals surface area contributed by atoms with E-state index >= 15 is 0 Å². The number of carbonyl (C=O) groups excluding carboxylic acids is 1. The highest BCUT2D eigenvalue weighted by Crippen LogP contribution is 2.25. The average molecular weight is 375 g/mol. The zero-order valence-electron chi connectivity index (χ0n) is 15.0. The van der Waals surface area contributed by atoms with Crippen molar-refractivity contribution in [2.75, 3.05) is 18.4 Å². The maximum Gasteiger partial charge on any atom is 0.227 e. The van der Waals surface area contributed by atoms with Crippen LogP contribution in [0.4, 0.5) is 10.1 Å². The van der Waals surface area contributed by atoms with E-state index in [0.29, 0.717) is 17.1 Å². The molecular formula is C21H24ClFN2O. The van der Waals surface area contributed by atoms with Crippen LogP contribution < -0.4 is 5.32 Å². The summed E-state index contributed by atoms with van der Waals surface area (Å²) in [5.41, 5.74) is 2.63. The highest BCUT2D eigenvalue weighted by molar-refractivity contribution is 6.31. The topological polar surface area (TPSA) is 32.3 Å². The third kappa shape index (κ3) is 4.63. The second-order valence-corrected chi connectivity index (χ2v) is 7.20. The van der Waals surface area contributed by atoms with E-state index in [0.717, 1.165) is 38.0 Å². The number of likely N-dealkylation sites (tertiary alicyclic amines) is 1. The summed E-state index contributed by atoms with van der Waals surface area (Å²) >= 11 is 6.11. The molecule has 1 aliphatic rings. The van der Waals surface area contributed by atoms with Gasteiger partial charge in [-0.25, -0.2) is 4.39 Å². The van der Waals surface area contributed by atoms with Crippen molar-refractivity contribution in [2.45, 2.75) is 32.7 Å². The number of anilines is 1. The maximum absolute atomic E-state index is 13.9. The number of nitrogens with one attached hydrogen (secondary N) is 1. The van der Waals surface area contributed by atoms with Crippen LogP contribution >= 0.6 is 11.6 Å². The maximum atomic E-state index is 13.9. The summed E-state index contributed by atoms with van der Waals surface area (Å²) in [5.74, 6) is -0.209. The number of hydrogen-bond acceptors (Lipinski definition) is 2. The molecule has 1 saturated heterocycles. The number of aryl methyl sites for hydroxylation is 1. The van der Waals surface area contributed by atoms with Gasteiger partial charge in [-0.3, -0.25) is 9.69 Å². The molecule has 1 N–H and O–H groups in total. The molecule has 0 atom stereocenters. The number of nitrogens with zero attached hydrogens (tertiary/aromatic N) is 1. The minimum atomic E-state index is -0.270. The van der Waals surface area contributed by atoms with Crippen LogP contribution in [0, 0.1) is 11.7 Å². The standard InChI is InChI=1S/C21H24ClFN2O/c1-2-15-6-8-17(9-7-15)24-21(26)16-10-12-25(13-11-16)14-18-19(22)4-3-5-20(18)23/h3-9,16H,2,10-14H2,1H3,(H,24,26). The molecule has 5 heteroatoms. The molecule has 26 heavy (non-hydrogen) atoms. The van der Waals surface area contributed by atoms with Crippen molar-refractivity contribution >= 4 is 23.2 Å². The molecule has 2 aromatic carbocycles. The zero-order valence-corrected chi connectivity index (χ0v) is 15.7. The fraction of sp³-hybridized carbons (Fsp3) is 0.381. The minimum absolute atomic E-state index is 0.00630. The number of carbonyl (C=O) groups is 1. The lowest BCUT2D eigenvalue weighted by molar-refractivity contribution is -0.121. The van der Waals surface area contributed by atoms with Crippen LogP contribution in [0.5, 0.6) is 0 Å². The summed E-state index contributed by atoms with van der Waals surface area (Å²) in [4.78, 5) is 14.6. The Morgan fingerprint density at radius 2 is 1.88 bits per heavy atom. The molecule has 0 saturated carbocycles. The highest BCUT2D eigenvalue weighted by atomic mass is 35.5. The van der Waals surface area contributed by atoms with Gasteiger partial charge in [-0.05, 0) is 62.2 Å². The van der Waals surface area contributed by atoms with Crippen LogP contribution in [0.15, 0.2) is 42.5 Å². The van der Waals surface area contributed by atoms with E-state index in [1.54, 1.807) is 12.1 Å². The van der Waals surface area contributed by atoms with Crippen LogP contribution in [0.25, 0.3) is 0 Å². The Kier molecular flexibility index (Phi) is 6.28. The molecule has 0 radical (unpaired) electrons. The van der Waals surface area contributed by atoms with Crippen molar-refractivity contribution < 1.29 is 9.18 Å². The van der Waals surface area contributed by atoms with Gasteiger partial charge in [0.2, 0.25) is 5.91 Å². The van der Waals surface area contributed by atoms with Crippen molar-refractivity contribution in [1.29, 1.82) is 0 Å². The second kappa shape index (κ2) is 8.65. The minimum Gasteiger partial charge on any atom is -0.326 e. The lowest BCUT2D eigenvalue weighted by Gasteiger charge is -2.31. The van der Waals surface area contributed by atoms with Gasteiger partial charge in [0.25, 0.3) is 0 Å². The Morgan fingerprint density at radius 3 is 2.50 bits per heavy atom. The number of benzene rings is 2. The largest absolute Gasteiger partial charge is 0.326 e. The Morgan fingerprint density at radius 1 is 1.19 bits per heavy atom. The van der Waals surface area contributed by atoms with Crippen LogP contribution in [0.1, 0.15) is 30.9 Å². The summed E-state index contributed by atoms with van der Waals surface area (Å²) in [5, 5.41) is 3.47. The van der Waals surface area contributed by atoms with Gasteiger partial charge in [-0.15, -0.1) is 0 Å². The second-order valence-electron chi connectivity index (χ2n) is 6.79. The lowest BCUT2D eigenvalue weighted by atomic mass is 9.95. The van der Waals surface area contributed by atoms with Crippen molar-refractivity contribution in [3.8, 4) is 0 Å². The molecule has 0 unspecified atom stereocenters. The summed E-state index contributed by atoms with van der Waals surface area (Å²) in [6.45, 7) is 4.11. The van der Waals surface area contributed by atoms with E-state index < -0.39 is 0 Å². The van der Waals surface area contributed by atoms with Crippen LogP contribution in [-0.2, 0) is 17.8 Å². The average Bonchev–Trinajstić information content (AvgIpc) is 2.66. The van der Waals surface area contributed by atoms with Crippen LogP contribution in [-0.4, -0.2) is 23.9 Å². The van der Waals surface area contributed by atoms with Gasteiger partial charge in [0, 0.05) is 28.7 Å². The Balaban J connectivity index is 1.52. The molecule has 0 aromatic heterocycles. The normalized spacial score (nSPS) is 15.8. The zero-order chi connectivity index (χ0) is 18.5. The van der Waals surface area contributed by atoms with Gasteiger partial charge in [0.1, 0.15) is 5.82 Å². The van der Waals surface area contributed by atoms with Gasteiger partial charge in [0.05, 0.1) is 0 Å². The number of amides is 1. The van der Waals surface area contributed by atoms with E-state index in [4.69, 9.17) is 11.6 Å². The number of piperidine rings is 1. The molecule has 1 fully saturated rings. The molecule has 1 heterocycles. The lowest BCUT2D eigenvalue weighted by Crippen LogP contribution is -2.38. The molecule has 3 rings (SSSR count). The highest BCUT2D eigenvalue weighted by Gasteiger charge is 2.25. The van der Waals surface area contributed by atoms with Gasteiger partial charge >= 0.3 is 0 Å². The predicted octanol–water partition coefficient (Wildman–Crippen LogP) is 4.89. The van der Waals surface area contributed by atoms with Crippen LogP contribution in [0.2, 0.25) is 5.02 Å². The van der Waals surface area contributed by atoms with Gasteiger partial charge < -0.3 is 5.32 Å². The molecule has 138 valence electrons. The summed E-state index contributed by atoms with van der Waals surface area (Å²) in [7, 11) is 0. The smallest absolute Gasteiger partial charge is 0.227 e. The number of halogens is 2. The fourth-order valence-corrected chi connectivity index (χ4v) is 3.55. The first-order valence-electron chi connectivity index (χ1n) is 9.12. The van der Waals surface area contributed by atoms with Crippen molar-refractivity contribution in [2.24, 2.45) is 5.92 Å². The Labute approximate surface area is 159 Å². The first kappa shape index (κ1) is 18.9. The Bertz CT molecular complexity index is 735. The molecule has 0 spiro atoms. The first-order chi connectivity index (χ1) is 12.6. The van der Waals surface area contributed by atoms with E-state index in [9.17, 15) is 9.18 Å². The summed E-state index contributed by atoms with van der Waals surface area (Å²) < 4.78 is 13.9. The third-order valence-corrected chi connectivity index (χ3v) is 5.39. The van der Waals surface area contributed by atoms with Crippen LogP contribution in [0.3, 0.4) is 0 Å². The third-order valence-electron chi connectivity index (χ3n) is 5.03. The van der Waals surface area contributed by atoms with E-state index in [-0.39, 0.29) is 17.6 Å².